The number of aryl methyl sites for hydroxylation is 1. The lowest BCUT2D eigenvalue weighted by Crippen LogP contribution is -2.42. The molecule has 8 heteroatoms. The van der Waals surface area contributed by atoms with Gasteiger partial charge < -0.3 is 19.4 Å². The van der Waals surface area contributed by atoms with E-state index in [0.717, 1.165) is 18.5 Å². The third kappa shape index (κ3) is 3.44. The number of hydrogen-bond acceptors (Lipinski definition) is 7. The van der Waals surface area contributed by atoms with Gasteiger partial charge in [-0.1, -0.05) is 6.07 Å². The lowest BCUT2D eigenvalue weighted by Gasteiger charge is -2.32. The average molecular weight is 393 g/mol. The Morgan fingerprint density at radius 1 is 1.31 bits per heavy atom. The normalized spacial score (nSPS) is 20.6. The molecule has 2 fully saturated rings. The number of furan rings is 1. The standard InChI is InChI=1S/C21H23N5O3/c1-13-23-18(25-21(2)6-7-21)17-14(12-29-19(17)24-13)20(27)26-9-10-28-16(11-26)15-5-3-4-8-22-15/h3-5,8,12,16H,6-7,9-11H2,1-2H3,(H,23,24,25). The maximum absolute atomic E-state index is 13.4. The van der Waals surface area contributed by atoms with Crippen LogP contribution in [0.4, 0.5) is 5.82 Å². The third-order valence-corrected chi connectivity index (χ3v) is 5.57. The summed E-state index contributed by atoms with van der Waals surface area (Å²) < 4.78 is 11.5. The van der Waals surface area contributed by atoms with E-state index < -0.39 is 0 Å². The Balaban J connectivity index is 1.46. The number of pyridine rings is 1. The fourth-order valence-electron chi connectivity index (χ4n) is 3.64. The lowest BCUT2D eigenvalue weighted by atomic mass is 10.1. The molecule has 1 aliphatic carbocycles. The van der Waals surface area contributed by atoms with Gasteiger partial charge in [0.05, 0.1) is 29.8 Å². The van der Waals surface area contributed by atoms with Gasteiger partial charge in [-0.15, -0.1) is 0 Å². The molecule has 1 aliphatic heterocycles. The Labute approximate surface area is 168 Å². The Hall–Kier alpha value is -3.00. The van der Waals surface area contributed by atoms with Crippen LogP contribution < -0.4 is 5.32 Å². The van der Waals surface area contributed by atoms with E-state index >= 15 is 0 Å². The van der Waals surface area contributed by atoms with E-state index in [2.05, 4.69) is 27.2 Å². The monoisotopic (exact) mass is 393 g/mol. The maximum atomic E-state index is 13.4. The van der Waals surface area contributed by atoms with Crippen LogP contribution >= 0.6 is 0 Å². The van der Waals surface area contributed by atoms with Gasteiger partial charge in [0.1, 0.15) is 24.0 Å². The Bertz CT molecular complexity index is 1060. The van der Waals surface area contributed by atoms with Gasteiger partial charge in [0.25, 0.3) is 5.91 Å². The summed E-state index contributed by atoms with van der Waals surface area (Å²) in [4.78, 5) is 28.5. The van der Waals surface area contributed by atoms with E-state index in [1.807, 2.05) is 25.1 Å². The molecule has 1 unspecified atom stereocenters. The Morgan fingerprint density at radius 3 is 2.93 bits per heavy atom. The minimum Gasteiger partial charge on any atom is -0.445 e. The summed E-state index contributed by atoms with van der Waals surface area (Å²) in [6, 6.07) is 5.71. The van der Waals surface area contributed by atoms with Crippen molar-refractivity contribution in [3.8, 4) is 0 Å². The molecular formula is C21H23N5O3. The molecule has 1 N–H and O–H groups in total. The van der Waals surface area contributed by atoms with Gasteiger partial charge in [0.15, 0.2) is 0 Å². The fraction of sp³-hybridized carbons (Fsp3) is 0.429. The lowest BCUT2D eigenvalue weighted by molar-refractivity contribution is -0.0246. The van der Waals surface area contributed by atoms with Gasteiger partial charge in [-0.3, -0.25) is 9.78 Å². The summed E-state index contributed by atoms with van der Waals surface area (Å²) in [7, 11) is 0. The topological polar surface area (TPSA) is 93.4 Å². The number of aromatic nitrogens is 3. The number of nitrogens with zero attached hydrogens (tertiary/aromatic N) is 4. The van der Waals surface area contributed by atoms with E-state index in [9.17, 15) is 4.79 Å². The van der Waals surface area contributed by atoms with Crippen molar-refractivity contribution in [2.75, 3.05) is 25.0 Å². The van der Waals surface area contributed by atoms with Crippen molar-refractivity contribution in [2.45, 2.75) is 38.3 Å². The molecule has 1 saturated carbocycles. The van der Waals surface area contributed by atoms with Gasteiger partial charge in [-0.05, 0) is 38.8 Å². The summed E-state index contributed by atoms with van der Waals surface area (Å²) in [6.07, 6.45) is 5.14. The van der Waals surface area contributed by atoms with Crippen molar-refractivity contribution in [3.63, 3.8) is 0 Å². The molecule has 3 aromatic heterocycles. The summed E-state index contributed by atoms with van der Waals surface area (Å²) in [5, 5.41) is 4.13. The Kier molecular flexibility index (Phi) is 4.24. The average Bonchev–Trinajstić information content (AvgIpc) is 3.30. The highest BCUT2D eigenvalue weighted by molar-refractivity contribution is 6.09. The molecule has 5 rings (SSSR count). The molecule has 1 saturated heterocycles. The smallest absolute Gasteiger partial charge is 0.258 e. The van der Waals surface area contributed by atoms with Gasteiger partial charge >= 0.3 is 0 Å². The summed E-state index contributed by atoms with van der Waals surface area (Å²) in [5.41, 5.74) is 1.76. The molecule has 3 aromatic rings. The van der Waals surface area contributed by atoms with Crippen LogP contribution in [0.2, 0.25) is 0 Å². The van der Waals surface area contributed by atoms with Crippen molar-refractivity contribution in [1.29, 1.82) is 0 Å². The number of anilines is 1. The SMILES string of the molecule is Cc1nc(NC2(C)CC2)c2c(C(=O)N3CCOC(c4ccccn4)C3)coc2n1. The van der Waals surface area contributed by atoms with Crippen molar-refractivity contribution >= 4 is 22.8 Å². The van der Waals surface area contributed by atoms with E-state index in [4.69, 9.17) is 9.15 Å². The van der Waals surface area contributed by atoms with Crippen LogP contribution in [0.25, 0.3) is 11.1 Å². The van der Waals surface area contributed by atoms with Crippen LogP contribution in [-0.2, 0) is 4.74 Å². The third-order valence-electron chi connectivity index (χ3n) is 5.57. The highest BCUT2D eigenvalue weighted by Crippen LogP contribution is 2.40. The molecule has 2 aliphatic rings. The second-order valence-corrected chi connectivity index (χ2v) is 8.00. The van der Waals surface area contributed by atoms with Gasteiger partial charge in [0.2, 0.25) is 5.71 Å². The quantitative estimate of drug-likeness (QED) is 0.728. The number of fused-ring (bicyclic) bond motifs is 1. The van der Waals surface area contributed by atoms with Crippen LogP contribution in [0.1, 0.15) is 47.7 Å². The largest absolute Gasteiger partial charge is 0.445 e. The zero-order chi connectivity index (χ0) is 20.0. The van der Waals surface area contributed by atoms with Crippen LogP contribution in [0.3, 0.4) is 0 Å². The highest BCUT2D eigenvalue weighted by Gasteiger charge is 2.39. The summed E-state index contributed by atoms with van der Waals surface area (Å²) >= 11 is 0. The number of hydrogen-bond donors (Lipinski definition) is 1. The minimum atomic E-state index is -0.242. The number of carbonyl (C=O) groups is 1. The molecule has 0 radical (unpaired) electrons. The van der Waals surface area contributed by atoms with E-state index in [1.165, 1.54) is 6.26 Å². The number of nitrogens with one attached hydrogen (secondary N) is 1. The number of rotatable bonds is 4. The second-order valence-electron chi connectivity index (χ2n) is 8.00. The van der Waals surface area contributed by atoms with Crippen molar-refractivity contribution in [1.82, 2.24) is 19.9 Å². The molecule has 1 atom stereocenters. The second kappa shape index (κ2) is 6.81. The molecule has 29 heavy (non-hydrogen) atoms. The minimum absolute atomic E-state index is 0.0222. The molecule has 8 nitrogen and oxygen atoms in total. The first-order chi connectivity index (χ1) is 14.0. The molecule has 150 valence electrons. The Morgan fingerprint density at radius 2 is 2.17 bits per heavy atom. The van der Waals surface area contributed by atoms with E-state index in [-0.39, 0.29) is 17.6 Å². The first-order valence-corrected chi connectivity index (χ1v) is 9.88. The first kappa shape index (κ1) is 18.1. The predicted molar refractivity (Wildman–Crippen MR) is 107 cm³/mol. The van der Waals surface area contributed by atoms with Crippen LogP contribution in [0.5, 0.6) is 0 Å². The van der Waals surface area contributed by atoms with Crippen LogP contribution in [0, 0.1) is 6.92 Å². The number of ether oxygens (including phenoxy) is 1. The summed E-state index contributed by atoms with van der Waals surface area (Å²) in [6.45, 7) is 5.39. The van der Waals surface area contributed by atoms with E-state index in [0.29, 0.717) is 48.0 Å². The van der Waals surface area contributed by atoms with Crippen molar-refractivity contribution in [3.05, 3.63) is 47.7 Å². The summed E-state index contributed by atoms with van der Waals surface area (Å²) in [5.74, 6) is 1.17. The van der Waals surface area contributed by atoms with Crippen LogP contribution in [0.15, 0.2) is 35.1 Å². The first-order valence-electron chi connectivity index (χ1n) is 9.88. The van der Waals surface area contributed by atoms with Crippen molar-refractivity contribution < 1.29 is 13.9 Å². The number of morpholine rings is 1. The number of carbonyl (C=O) groups excluding carboxylic acids is 1. The zero-order valence-electron chi connectivity index (χ0n) is 16.5. The zero-order valence-corrected chi connectivity index (χ0v) is 16.5. The molecule has 4 heterocycles. The van der Waals surface area contributed by atoms with E-state index in [1.54, 1.807) is 11.1 Å². The molecule has 0 bridgehead atoms. The predicted octanol–water partition coefficient (Wildman–Crippen LogP) is 3.10. The molecule has 1 amide bonds. The van der Waals surface area contributed by atoms with Gasteiger partial charge in [0, 0.05) is 18.3 Å². The highest BCUT2D eigenvalue weighted by atomic mass is 16.5. The molecular weight excluding hydrogens is 370 g/mol. The van der Waals surface area contributed by atoms with Crippen LogP contribution in [-0.4, -0.2) is 51.0 Å². The van der Waals surface area contributed by atoms with Gasteiger partial charge in [-0.2, -0.15) is 4.98 Å². The van der Waals surface area contributed by atoms with Crippen molar-refractivity contribution in [2.24, 2.45) is 0 Å². The molecule has 0 spiro atoms. The molecule has 0 aromatic carbocycles. The fourth-order valence-corrected chi connectivity index (χ4v) is 3.64. The number of amides is 1. The maximum Gasteiger partial charge on any atom is 0.258 e. The van der Waals surface area contributed by atoms with Gasteiger partial charge in [-0.25, -0.2) is 4.98 Å².